The molecule has 3 heterocycles. The van der Waals surface area contributed by atoms with Gasteiger partial charge in [-0.2, -0.15) is 0 Å². The Kier molecular flexibility index (Phi) is 3.52. The third-order valence-corrected chi connectivity index (χ3v) is 4.55. The van der Waals surface area contributed by atoms with Crippen molar-refractivity contribution in [3.8, 4) is 0 Å². The maximum absolute atomic E-state index is 11.4. The molecule has 0 saturated carbocycles. The number of carbonyl (C=O) groups is 1. The summed E-state index contributed by atoms with van der Waals surface area (Å²) in [5.41, 5.74) is 0.138. The van der Waals surface area contributed by atoms with Gasteiger partial charge in [-0.05, 0) is 18.9 Å². The van der Waals surface area contributed by atoms with Crippen molar-refractivity contribution in [2.75, 3.05) is 31.2 Å². The van der Waals surface area contributed by atoms with Gasteiger partial charge in [0.1, 0.15) is 16.5 Å². The highest BCUT2D eigenvalue weighted by Crippen LogP contribution is 2.41. The molecule has 5 nitrogen and oxygen atoms in total. The van der Waals surface area contributed by atoms with E-state index in [0.717, 1.165) is 39.1 Å². The molecule has 3 rings (SSSR count). The van der Waals surface area contributed by atoms with E-state index in [4.69, 9.17) is 27.9 Å². The van der Waals surface area contributed by atoms with Crippen LogP contribution in [-0.2, 0) is 4.74 Å². The Morgan fingerprint density at radius 2 is 2.25 bits per heavy atom. The Balaban J connectivity index is 1.96. The van der Waals surface area contributed by atoms with Gasteiger partial charge < -0.3 is 14.7 Å². The normalized spacial score (nSPS) is 25.6. The average molecular weight is 317 g/mol. The molecule has 2 aliphatic heterocycles. The lowest BCUT2D eigenvalue weighted by Crippen LogP contribution is -2.29. The molecule has 1 aromatic rings. The minimum atomic E-state index is -1.09. The van der Waals surface area contributed by atoms with Crippen molar-refractivity contribution in [2.45, 2.75) is 12.8 Å². The van der Waals surface area contributed by atoms with Gasteiger partial charge in [0.2, 0.25) is 0 Å². The number of carboxylic acids is 1. The van der Waals surface area contributed by atoms with Gasteiger partial charge in [-0.15, -0.1) is 0 Å². The number of halogens is 2. The van der Waals surface area contributed by atoms with E-state index in [0.29, 0.717) is 5.82 Å². The van der Waals surface area contributed by atoms with Crippen LogP contribution in [0, 0.1) is 5.41 Å². The Morgan fingerprint density at radius 3 is 2.90 bits per heavy atom. The molecule has 2 fully saturated rings. The number of carboxylic acid groups (broad SMARTS) is 1. The second kappa shape index (κ2) is 5.06. The van der Waals surface area contributed by atoms with Crippen LogP contribution in [0.15, 0.2) is 6.07 Å². The molecule has 0 radical (unpaired) electrons. The van der Waals surface area contributed by atoms with Crippen LogP contribution in [0.2, 0.25) is 10.2 Å². The number of pyridine rings is 1. The fraction of sp³-hybridized carbons (Fsp3) is 0.538. The molecule has 1 atom stereocenters. The number of rotatable bonds is 2. The summed E-state index contributed by atoms with van der Waals surface area (Å²) in [5, 5.41) is 9.66. The molecule has 1 spiro atoms. The van der Waals surface area contributed by atoms with Crippen molar-refractivity contribution in [1.29, 1.82) is 0 Å². The quantitative estimate of drug-likeness (QED) is 0.850. The molecule has 2 aliphatic rings. The minimum Gasteiger partial charge on any atom is -0.478 e. The molecule has 108 valence electrons. The SMILES string of the molecule is O=C(O)c1c(Cl)cc(Cl)nc1N1CCC2(CCOC2)C1. The molecule has 1 N–H and O–H groups in total. The number of hydrogen-bond donors (Lipinski definition) is 1. The average Bonchev–Trinajstić information content (AvgIpc) is 2.99. The summed E-state index contributed by atoms with van der Waals surface area (Å²) in [4.78, 5) is 17.5. The first kappa shape index (κ1) is 13.9. The molecule has 1 unspecified atom stereocenters. The Morgan fingerprint density at radius 1 is 1.45 bits per heavy atom. The monoisotopic (exact) mass is 316 g/mol. The largest absolute Gasteiger partial charge is 0.478 e. The van der Waals surface area contributed by atoms with Crippen molar-refractivity contribution in [2.24, 2.45) is 5.41 Å². The summed E-state index contributed by atoms with van der Waals surface area (Å²) in [6.07, 6.45) is 1.97. The lowest BCUT2D eigenvalue weighted by Gasteiger charge is -2.24. The molecule has 0 aliphatic carbocycles. The molecule has 2 saturated heterocycles. The van der Waals surface area contributed by atoms with E-state index in [9.17, 15) is 9.90 Å². The smallest absolute Gasteiger partial charge is 0.341 e. The van der Waals surface area contributed by atoms with E-state index in [-0.39, 0.29) is 21.2 Å². The first-order chi connectivity index (χ1) is 9.51. The van der Waals surface area contributed by atoms with Crippen molar-refractivity contribution in [1.82, 2.24) is 4.98 Å². The van der Waals surface area contributed by atoms with Gasteiger partial charge in [0.15, 0.2) is 0 Å². The second-order valence-corrected chi connectivity index (χ2v) is 6.20. The van der Waals surface area contributed by atoms with Crippen LogP contribution < -0.4 is 4.90 Å². The molecular formula is C13H14Cl2N2O3. The Hall–Kier alpha value is -1.04. The summed E-state index contributed by atoms with van der Waals surface area (Å²) < 4.78 is 5.48. The standard InChI is InChI=1S/C13H14Cl2N2O3/c14-8-5-9(15)16-11(10(8)12(18)19)17-3-1-13(6-17)2-4-20-7-13/h5H,1-4,6-7H2,(H,18,19). The van der Waals surface area contributed by atoms with Gasteiger partial charge in [0.25, 0.3) is 0 Å². The summed E-state index contributed by atoms with van der Waals surface area (Å²) in [6.45, 7) is 2.97. The van der Waals surface area contributed by atoms with Crippen molar-refractivity contribution in [3.63, 3.8) is 0 Å². The third kappa shape index (κ3) is 2.34. The van der Waals surface area contributed by atoms with Crippen LogP contribution in [0.5, 0.6) is 0 Å². The van der Waals surface area contributed by atoms with Crippen LogP contribution in [0.1, 0.15) is 23.2 Å². The number of anilines is 1. The number of aromatic nitrogens is 1. The molecule has 1 aromatic heterocycles. The number of nitrogens with zero attached hydrogens (tertiary/aromatic N) is 2. The predicted molar refractivity (Wildman–Crippen MR) is 75.9 cm³/mol. The number of aromatic carboxylic acids is 1. The lowest BCUT2D eigenvalue weighted by atomic mass is 9.87. The van der Waals surface area contributed by atoms with E-state index in [1.165, 1.54) is 6.07 Å². The zero-order valence-corrected chi connectivity index (χ0v) is 12.2. The first-order valence-electron chi connectivity index (χ1n) is 6.43. The number of ether oxygens (including phenoxy) is 1. The lowest BCUT2D eigenvalue weighted by molar-refractivity contribution is 0.0697. The molecule has 7 heteroatoms. The minimum absolute atomic E-state index is 0.0204. The Labute approximate surface area is 126 Å². The zero-order chi connectivity index (χ0) is 14.3. The van der Waals surface area contributed by atoms with E-state index >= 15 is 0 Å². The maximum Gasteiger partial charge on any atom is 0.341 e. The van der Waals surface area contributed by atoms with Crippen molar-refractivity contribution >= 4 is 35.0 Å². The molecule has 20 heavy (non-hydrogen) atoms. The predicted octanol–water partition coefficient (Wildman–Crippen LogP) is 2.70. The van der Waals surface area contributed by atoms with Gasteiger partial charge >= 0.3 is 5.97 Å². The summed E-state index contributed by atoms with van der Waals surface area (Å²) in [6, 6.07) is 1.36. The third-order valence-electron chi connectivity index (χ3n) is 4.06. The van der Waals surface area contributed by atoms with E-state index < -0.39 is 5.97 Å². The van der Waals surface area contributed by atoms with Gasteiger partial charge in [-0.1, -0.05) is 23.2 Å². The van der Waals surface area contributed by atoms with Gasteiger partial charge in [0, 0.05) is 25.1 Å². The van der Waals surface area contributed by atoms with E-state index in [2.05, 4.69) is 4.98 Å². The van der Waals surface area contributed by atoms with Crippen LogP contribution in [0.3, 0.4) is 0 Å². The summed E-state index contributed by atoms with van der Waals surface area (Å²) in [7, 11) is 0. The second-order valence-electron chi connectivity index (χ2n) is 5.40. The van der Waals surface area contributed by atoms with Crippen molar-refractivity contribution in [3.05, 3.63) is 21.8 Å². The highest BCUT2D eigenvalue weighted by molar-refractivity contribution is 6.36. The van der Waals surface area contributed by atoms with E-state index in [1.807, 2.05) is 4.90 Å². The fourth-order valence-corrected chi connectivity index (χ4v) is 3.50. The topological polar surface area (TPSA) is 62.7 Å². The van der Waals surface area contributed by atoms with Crippen LogP contribution >= 0.6 is 23.2 Å². The highest BCUT2D eigenvalue weighted by atomic mass is 35.5. The molecule has 0 amide bonds. The molecule has 0 bridgehead atoms. The van der Waals surface area contributed by atoms with Gasteiger partial charge in [-0.25, -0.2) is 9.78 Å². The first-order valence-corrected chi connectivity index (χ1v) is 7.18. The van der Waals surface area contributed by atoms with E-state index in [1.54, 1.807) is 0 Å². The number of hydrogen-bond acceptors (Lipinski definition) is 4. The van der Waals surface area contributed by atoms with Crippen LogP contribution in [0.25, 0.3) is 0 Å². The fourth-order valence-electron chi connectivity index (χ4n) is 2.99. The van der Waals surface area contributed by atoms with Crippen LogP contribution in [-0.4, -0.2) is 42.4 Å². The molecular weight excluding hydrogens is 303 g/mol. The summed E-state index contributed by atoms with van der Waals surface area (Å²) >= 11 is 11.9. The summed E-state index contributed by atoms with van der Waals surface area (Å²) in [5.74, 6) is -0.725. The van der Waals surface area contributed by atoms with Crippen LogP contribution in [0.4, 0.5) is 5.82 Å². The Bertz CT molecular complexity index is 559. The zero-order valence-electron chi connectivity index (χ0n) is 10.7. The highest BCUT2D eigenvalue weighted by Gasteiger charge is 2.42. The molecule has 0 aromatic carbocycles. The van der Waals surface area contributed by atoms with Crippen molar-refractivity contribution < 1.29 is 14.6 Å². The maximum atomic E-state index is 11.4. The van der Waals surface area contributed by atoms with Gasteiger partial charge in [0.05, 0.1) is 11.6 Å². The van der Waals surface area contributed by atoms with Gasteiger partial charge in [-0.3, -0.25) is 0 Å².